The molecule has 0 bridgehead atoms. The maximum Gasteiger partial charge on any atom is 0.410 e. The van der Waals surface area contributed by atoms with E-state index in [1.54, 1.807) is 22.4 Å². The van der Waals surface area contributed by atoms with Crippen molar-refractivity contribution in [3.05, 3.63) is 52.5 Å². The van der Waals surface area contributed by atoms with Crippen molar-refractivity contribution in [3.8, 4) is 10.4 Å². The minimum absolute atomic E-state index is 0.0475. The predicted molar refractivity (Wildman–Crippen MR) is 134 cm³/mol. The second-order valence-corrected chi connectivity index (χ2v) is 10.9. The summed E-state index contributed by atoms with van der Waals surface area (Å²) in [5.41, 5.74) is 8.13. The molecular formula is C24H28N4O3S2. The molecule has 2 N–H and O–H groups in total. The summed E-state index contributed by atoms with van der Waals surface area (Å²) in [6, 6.07) is 9.88. The lowest BCUT2D eigenvalue weighted by molar-refractivity contribution is 0.0241. The number of aromatic nitrogens is 1. The van der Waals surface area contributed by atoms with Gasteiger partial charge in [0.1, 0.15) is 10.6 Å². The molecule has 1 amide bonds. The summed E-state index contributed by atoms with van der Waals surface area (Å²) in [5.74, 6) is -0.0475. The summed E-state index contributed by atoms with van der Waals surface area (Å²) in [6.07, 6.45) is 1.67. The van der Waals surface area contributed by atoms with E-state index in [2.05, 4.69) is 16.0 Å². The van der Waals surface area contributed by atoms with Crippen LogP contribution < -0.4 is 10.6 Å². The van der Waals surface area contributed by atoms with Crippen LogP contribution in [0.2, 0.25) is 0 Å². The highest BCUT2D eigenvalue weighted by Gasteiger charge is 2.27. The number of nitrogen functional groups attached to an aromatic ring is 1. The van der Waals surface area contributed by atoms with Crippen molar-refractivity contribution in [2.75, 3.05) is 36.8 Å². The number of carbonyl (C=O) groups excluding carboxylic acids is 2. The van der Waals surface area contributed by atoms with E-state index in [9.17, 15) is 9.59 Å². The summed E-state index contributed by atoms with van der Waals surface area (Å²) in [7, 11) is 0. The fraction of sp³-hybridized carbons (Fsp3) is 0.375. The Labute approximate surface area is 201 Å². The van der Waals surface area contributed by atoms with Crippen LogP contribution in [0.5, 0.6) is 0 Å². The van der Waals surface area contributed by atoms with E-state index in [-0.39, 0.29) is 18.3 Å². The molecule has 1 saturated heterocycles. The summed E-state index contributed by atoms with van der Waals surface area (Å²) >= 11 is 3.04. The molecule has 0 saturated carbocycles. The Morgan fingerprint density at radius 2 is 1.91 bits per heavy atom. The van der Waals surface area contributed by atoms with Gasteiger partial charge in [-0.2, -0.15) is 0 Å². The molecule has 0 unspecified atom stereocenters. The number of hydrogen-bond donors (Lipinski definition) is 1. The average Bonchev–Trinajstić information content (AvgIpc) is 3.47. The number of ketones is 1. The van der Waals surface area contributed by atoms with Gasteiger partial charge in [-0.15, -0.1) is 11.3 Å². The highest BCUT2D eigenvalue weighted by atomic mass is 32.1. The highest BCUT2D eigenvalue weighted by molar-refractivity contribution is 7.17. The van der Waals surface area contributed by atoms with Gasteiger partial charge in [-0.25, -0.2) is 9.78 Å². The number of amides is 1. The molecule has 33 heavy (non-hydrogen) atoms. The molecule has 3 heterocycles. The molecule has 174 valence electrons. The van der Waals surface area contributed by atoms with Crippen molar-refractivity contribution in [2.45, 2.75) is 32.8 Å². The number of anilines is 2. The van der Waals surface area contributed by atoms with Crippen molar-refractivity contribution in [2.24, 2.45) is 0 Å². The molecule has 1 aromatic carbocycles. The third-order valence-corrected chi connectivity index (χ3v) is 7.29. The van der Waals surface area contributed by atoms with Crippen LogP contribution in [0.25, 0.3) is 10.4 Å². The van der Waals surface area contributed by atoms with Gasteiger partial charge < -0.3 is 20.3 Å². The summed E-state index contributed by atoms with van der Waals surface area (Å²) < 4.78 is 5.46. The van der Waals surface area contributed by atoms with Crippen LogP contribution in [0, 0.1) is 0 Å². The molecule has 0 radical (unpaired) electrons. The Kier molecular flexibility index (Phi) is 6.71. The number of thiophene rings is 1. The Morgan fingerprint density at radius 3 is 2.58 bits per heavy atom. The Balaban J connectivity index is 1.38. The maximum absolute atomic E-state index is 12.9. The lowest BCUT2D eigenvalue weighted by Gasteiger charge is -2.35. The SMILES string of the molecule is CC(C)(C)OC(=O)N1CCN(c2cnc(C(=O)Cc3cc(-c4cccs4)ccc3N)s2)CC1. The van der Waals surface area contributed by atoms with Gasteiger partial charge in [0.05, 0.1) is 6.20 Å². The fourth-order valence-corrected chi connectivity index (χ4v) is 5.21. The lowest BCUT2D eigenvalue weighted by atomic mass is 10.0. The van der Waals surface area contributed by atoms with Crippen molar-refractivity contribution in [1.29, 1.82) is 0 Å². The van der Waals surface area contributed by atoms with E-state index in [0.29, 0.717) is 36.9 Å². The number of piperazine rings is 1. The normalized spacial score (nSPS) is 14.4. The van der Waals surface area contributed by atoms with E-state index in [1.807, 2.05) is 50.4 Å². The summed E-state index contributed by atoms with van der Waals surface area (Å²) in [6.45, 7) is 8.08. The number of thiazole rings is 1. The second-order valence-electron chi connectivity index (χ2n) is 8.95. The standard InChI is InChI=1S/C24H28N4O3S2/c1-24(2,3)31-23(30)28-10-8-27(9-11-28)21-15-26-22(33-21)19(29)14-17-13-16(6-7-18(17)25)20-5-4-12-32-20/h4-7,12-13,15H,8-11,14,25H2,1-3H3. The van der Waals surface area contributed by atoms with Crippen molar-refractivity contribution < 1.29 is 14.3 Å². The van der Waals surface area contributed by atoms with Crippen LogP contribution in [0.3, 0.4) is 0 Å². The monoisotopic (exact) mass is 484 g/mol. The zero-order valence-electron chi connectivity index (χ0n) is 19.0. The molecule has 4 rings (SSSR count). The van der Waals surface area contributed by atoms with Crippen molar-refractivity contribution in [3.63, 3.8) is 0 Å². The first kappa shape index (κ1) is 23.3. The number of rotatable bonds is 5. The zero-order chi connectivity index (χ0) is 23.6. The van der Waals surface area contributed by atoms with Crippen LogP contribution in [0.1, 0.15) is 36.1 Å². The minimum Gasteiger partial charge on any atom is -0.444 e. The van der Waals surface area contributed by atoms with E-state index in [1.165, 1.54) is 11.3 Å². The van der Waals surface area contributed by atoms with Gasteiger partial charge in [0.2, 0.25) is 0 Å². The van der Waals surface area contributed by atoms with E-state index < -0.39 is 5.60 Å². The van der Waals surface area contributed by atoms with Gasteiger partial charge in [-0.05, 0) is 55.5 Å². The third-order valence-electron chi connectivity index (χ3n) is 5.27. The predicted octanol–water partition coefficient (Wildman–Crippen LogP) is 4.94. The van der Waals surface area contributed by atoms with E-state index in [4.69, 9.17) is 10.5 Å². The fourth-order valence-electron chi connectivity index (χ4n) is 3.58. The van der Waals surface area contributed by atoms with Gasteiger partial charge >= 0.3 is 6.09 Å². The zero-order valence-corrected chi connectivity index (χ0v) is 20.7. The molecule has 7 nitrogen and oxygen atoms in total. The topological polar surface area (TPSA) is 88.8 Å². The minimum atomic E-state index is -0.506. The van der Waals surface area contributed by atoms with Gasteiger partial charge in [0.15, 0.2) is 10.8 Å². The van der Waals surface area contributed by atoms with Crippen LogP contribution in [-0.2, 0) is 11.2 Å². The van der Waals surface area contributed by atoms with Crippen LogP contribution in [0.15, 0.2) is 41.9 Å². The Bertz CT molecular complexity index is 1130. The Hall–Kier alpha value is -2.91. The van der Waals surface area contributed by atoms with Gasteiger partial charge in [0.25, 0.3) is 0 Å². The number of benzene rings is 1. The molecule has 0 atom stereocenters. The first-order chi connectivity index (χ1) is 15.7. The van der Waals surface area contributed by atoms with Gasteiger partial charge in [-0.3, -0.25) is 4.79 Å². The lowest BCUT2D eigenvalue weighted by Crippen LogP contribution is -2.49. The maximum atomic E-state index is 12.9. The highest BCUT2D eigenvalue weighted by Crippen LogP contribution is 2.30. The largest absolute Gasteiger partial charge is 0.444 e. The van der Waals surface area contributed by atoms with Crippen molar-refractivity contribution in [1.82, 2.24) is 9.88 Å². The number of nitrogens with two attached hydrogens (primary N) is 1. The number of hydrogen-bond acceptors (Lipinski definition) is 8. The van der Waals surface area contributed by atoms with Crippen LogP contribution in [0.4, 0.5) is 15.5 Å². The molecular weight excluding hydrogens is 456 g/mol. The summed E-state index contributed by atoms with van der Waals surface area (Å²) in [4.78, 5) is 34.6. The molecule has 1 fully saturated rings. The molecule has 3 aromatic rings. The number of Topliss-reactive ketones (excluding diaryl/α,β-unsaturated/α-hetero) is 1. The molecule has 0 spiro atoms. The molecule has 2 aromatic heterocycles. The molecule has 9 heteroatoms. The molecule has 1 aliphatic heterocycles. The summed E-state index contributed by atoms with van der Waals surface area (Å²) in [5, 5.41) is 3.43. The first-order valence-electron chi connectivity index (χ1n) is 10.8. The smallest absolute Gasteiger partial charge is 0.410 e. The van der Waals surface area contributed by atoms with E-state index in [0.717, 1.165) is 21.0 Å². The van der Waals surface area contributed by atoms with Gasteiger partial charge in [-0.1, -0.05) is 23.5 Å². The van der Waals surface area contributed by atoms with Crippen LogP contribution in [-0.4, -0.2) is 53.5 Å². The van der Waals surface area contributed by atoms with Gasteiger partial charge in [0, 0.05) is 43.2 Å². The molecule has 1 aliphatic rings. The molecule has 0 aliphatic carbocycles. The number of nitrogens with zero attached hydrogens (tertiary/aromatic N) is 3. The number of ether oxygens (including phenoxy) is 1. The van der Waals surface area contributed by atoms with Crippen LogP contribution >= 0.6 is 22.7 Å². The second kappa shape index (κ2) is 9.52. The quantitative estimate of drug-likeness (QED) is 0.408. The van der Waals surface area contributed by atoms with E-state index >= 15 is 0 Å². The number of carbonyl (C=O) groups is 2. The average molecular weight is 485 g/mol. The van der Waals surface area contributed by atoms with Crippen molar-refractivity contribution >= 4 is 45.2 Å². The Morgan fingerprint density at radius 1 is 1.15 bits per heavy atom. The first-order valence-corrected chi connectivity index (χ1v) is 12.5. The third kappa shape index (κ3) is 5.72.